The fourth-order valence-corrected chi connectivity index (χ4v) is 1.32. The van der Waals surface area contributed by atoms with Gasteiger partial charge in [0.15, 0.2) is 0 Å². The minimum absolute atomic E-state index is 0.262. The molecule has 0 aliphatic carbocycles. The van der Waals surface area contributed by atoms with Crippen LogP contribution in [0, 0.1) is 0 Å². The molecule has 3 N–H and O–H groups in total. The Labute approximate surface area is 95.3 Å². The molecule has 0 fully saturated rings. The number of aryl methyl sites for hydroxylation is 1. The molecule has 0 amide bonds. The Morgan fingerprint density at radius 1 is 1.56 bits per heavy atom. The molecule has 16 heavy (non-hydrogen) atoms. The van der Waals surface area contributed by atoms with E-state index >= 15 is 0 Å². The highest BCUT2D eigenvalue weighted by Gasteiger charge is 2.18. The van der Waals surface area contributed by atoms with E-state index in [4.69, 9.17) is 5.11 Å². The zero-order chi connectivity index (χ0) is 12.0. The van der Waals surface area contributed by atoms with Crippen LogP contribution < -0.4 is 5.32 Å². The van der Waals surface area contributed by atoms with Gasteiger partial charge in [0.2, 0.25) is 0 Å². The molecule has 6 heteroatoms. The van der Waals surface area contributed by atoms with Gasteiger partial charge in [-0.05, 0) is 13.3 Å². The number of rotatable bonds is 7. The van der Waals surface area contributed by atoms with Crippen LogP contribution in [0.5, 0.6) is 0 Å². The van der Waals surface area contributed by atoms with Gasteiger partial charge in [-0.3, -0.25) is 0 Å². The van der Waals surface area contributed by atoms with Gasteiger partial charge < -0.3 is 15.5 Å². The van der Waals surface area contributed by atoms with Gasteiger partial charge in [0.1, 0.15) is 12.2 Å². The van der Waals surface area contributed by atoms with Crippen LogP contribution >= 0.6 is 0 Å². The smallest absolute Gasteiger partial charge is 0.140 e. The maximum Gasteiger partial charge on any atom is 0.140 e. The molecule has 0 aromatic carbocycles. The van der Waals surface area contributed by atoms with Crippen molar-refractivity contribution in [1.82, 2.24) is 20.1 Å². The van der Waals surface area contributed by atoms with Crippen molar-refractivity contribution < 1.29 is 10.2 Å². The minimum Gasteiger partial charge on any atom is -0.393 e. The molecule has 0 bridgehead atoms. The summed E-state index contributed by atoms with van der Waals surface area (Å²) in [7, 11) is 0. The molecule has 0 aliphatic rings. The summed E-state index contributed by atoms with van der Waals surface area (Å²) in [6.07, 6.45) is 2.53. The SMILES string of the molecule is CCCn1ncnc1CNCC(C)(O)CO. The van der Waals surface area contributed by atoms with Crippen LogP contribution in [0.4, 0.5) is 0 Å². The first kappa shape index (κ1) is 13.1. The highest BCUT2D eigenvalue weighted by molar-refractivity contribution is 4.85. The van der Waals surface area contributed by atoms with Crippen LogP contribution in [0.25, 0.3) is 0 Å². The maximum absolute atomic E-state index is 9.57. The molecule has 0 saturated carbocycles. The third kappa shape index (κ3) is 3.88. The van der Waals surface area contributed by atoms with Gasteiger partial charge >= 0.3 is 0 Å². The summed E-state index contributed by atoms with van der Waals surface area (Å²) in [5, 5.41) is 25.6. The lowest BCUT2D eigenvalue weighted by atomic mass is 10.1. The number of aliphatic hydroxyl groups is 2. The summed E-state index contributed by atoms with van der Waals surface area (Å²) >= 11 is 0. The number of nitrogens with one attached hydrogen (secondary N) is 1. The fourth-order valence-electron chi connectivity index (χ4n) is 1.32. The number of hydrogen-bond acceptors (Lipinski definition) is 5. The van der Waals surface area contributed by atoms with E-state index in [-0.39, 0.29) is 6.61 Å². The summed E-state index contributed by atoms with van der Waals surface area (Å²) < 4.78 is 1.83. The second-order valence-electron chi connectivity index (χ2n) is 4.16. The van der Waals surface area contributed by atoms with Gasteiger partial charge in [0.25, 0.3) is 0 Å². The minimum atomic E-state index is -1.09. The number of hydrogen-bond donors (Lipinski definition) is 3. The second-order valence-corrected chi connectivity index (χ2v) is 4.16. The third-order valence-corrected chi connectivity index (χ3v) is 2.26. The molecule has 1 unspecified atom stereocenters. The van der Waals surface area contributed by atoms with Gasteiger partial charge in [-0.25, -0.2) is 9.67 Å². The fraction of sp³-hybridized carbons (Fsp3) is 0.800. The molecule has 92 valence electrons. The van der Waals surface area contributed by atoms with Gasteiger partial charge in [-0.2, -0.15) is 5.10 Å². The van der Waals surface area contributed by atoms with E-state index in [1.54, 1.807) is 6.92 Å². The molecule has 0 aliphatic heterocycles. The van der Waals surface area contributed by atoms with Crippen LogP contribution in [0.1, 0.15) is 26.1 Å². The van der Waals surface area contributed by atoms with Crippen molar-refractivity contribution >= 4 is 0 Å². The highest BCUT2D eigenvalue weighted by atomic mass is 16.3. The van der Waals surface area contributed by atoms with Crippen molar-refractivity contribution in [2.45, 2.75) is 39.0 Å². The van der Waals surface area contributed by atoms with Gasteiger partial charge in [0, 0.05) is 13.1 Å². The van der Waals surface area contributed by atoms with E-state index in [1.807, 2.05) is 4.68 Å². The molecule has 1 rings (SSSR count). The Balaban J connectivity index is 2.39. The third-order valence-electron chi connectivity index (χ3n) is 2.26. The molecule has 6 nitrogen and oxygen atoms in total. The average Bonchev–Trinajstić information content (AvgIpc) is 2.66. The van der Waals surface area contributed by atoms with E-state index < -0.39 is 5.60 Å². The summed E-state index contributed by atoms with van der Waals surface area (Å²) in [5.41, 5.74) is -1.09. The lowest BCUT2D eigenvalue weighted by Crippen LogP contribution is -2.41. The van der Waals surface area contributed by atoms with Crippen LogP contribution in [0.2, 0.25) is 0 Å². The topological polar surface area (TPSA) is 83.2 Å². The highest BCUT2D eigenvalue weighted by Crippen LogP contribution is 2.00. The van der Waals surface area contributed by atoms with Crippen molar-refractivity contribution in [3.8, 4) is 0 Å². The zero-order valence-electron chi connectivity index (χ0n) is 9.85. The zero-order valence-corrected chi connectivity index (χ0v) is 9.85. The molecule has 1 aromatic rings. The first-order chi connectivity index (χ1) is 7.59. The molecule has 0 saturated heterocycles. The van der Waals surface area contributed by atoms with Crippen molar-refractivity contribution in [1.29, 1.82) is 0 Å². The van der Waals surface area contributed by atoms with Crippen molar-refractivity contribution in [2.24, 2.45) is 0 Å². The molecule has 0 spiro atoms. The molecular formula is C10H20N4O2. The predicted molar refractivity (Wildman–Crippen MR) is 59.7 cm³/mol. The van der Waals surface area contributed by atoms with Gasteiger partial charge in [0.05, 0.1) is 18.8 Å². The average molecular weight is 228 g/mol. The van der Waals surface area contributed by atoms with Gasteiger partial charge in [-0.1, -0.05) is 6.92 Å². The lowest BCUT2D eigenvalue weighted by Gasteiger charge is -2.20. The first-order valence-corrected chi connectivity index (χ1v) is 5.49. The monoisotopic (exact) mass is 228 g/mol. The van der Waals surface area contributed by atoms with E-state index in [9.17, 15) is 5.11 Å². The van der Waals surface area contributed by atoms with Crippen LogP contribution in [0.15, 0.2) is 6.33 Å². The van der Waals surface area contributed by atoms with Crippen molar-refractivity contribution in [3.63, 3.8) is 0 Å². The molecule has 0 radical (unpaired) electrons. The lowest BCUT2D eigenvalue weighted by molar-refractivity contribution is 0.00237. The number of nitrogens with zero attached hydrogens (tertiary/aromatic N) is 3. The van der Waals surface area contributed by atoms with E-state index in [0.29, 0.717) is 13.1 Å². The molecule has 1 aromatic heterocycles. The maximum atomic E-state index is 9.57. The van der Waals surface area contributed by atoms with E-state index in [2.05, 4.69) is 22.3 Å². The summed E-state index contributed by atoms with van der Waals surface area (Å²) in [4.78, 5) is 4.13. The molecular weight excluding hydrogens is 208 g/mol. The molecule has 1 heterocycles. The largest absolute Gasteiger partial charge is 0.393 e. The van der Waals surface area contributed by atoms with Crippen molar-refractivity contribution in [2.75, 3.05) is 13.2 Å². The number of aliphatic hydroxyl groups excluding tert-OH is 1. The quantitative estimate of drug-likeness (QED) is 0.587. The van der Waals surface area contributed by atoms with E-state index in [1.165, 1.54) is 6.33 Å². The van der Waals surface area contributed by atoms with Gasteiger partial charge in [-0.15, -0.1) is 0 Å². The van der Waals surface area contributed by atoms with Crippen LogP contribution in [-0.2, 0) is 13.1 Å². The predicted octanol–water partition coefficient (Wildman–Crippen LogP) is -0.479. The van der Waals surface area contributed by atoms with Crippen LogP contribution in [-0.4, -0.2) is 43.7 Å². The standard InChI is InChI=1S/C10H20N4O2/c1-3-4-14-9(12-8-13-14)5-11-6-10(2,16)7-15/h8,11,15-16H,3-7H2,1-2H3. The second kappa shape index (κ2) is 5.93. The Morgan fingerprint density at radius 2 is 2.31 bits per heavy atom. The first-order valence-electron chi connectivity index (χ1n) is 5.49. The summed E-state index contributed by atoms with van der Waals surface area (Å²) in [5.74, 6) is 0.843. The Hall–Kier alpha value is -0.980. The Morgan fingerprint density at radius 3 is 2.94 bits per heavy atom. The summed E-state index contributed by atoms with van der Waals surface area (Å²) in [6, 6.07) is 0. The Kier molecular flexibility index (Phi) is 4.85. The summed E-state index contributed by atoms with van der Waals surface area (Å²) in [6.45, 7) is 5.10. The Bertz CT molecular complexity index is 312. The normalized spacial score (nSPS) is 15.0. The number of aromatic nitrogens is 3. The van der Waals surface area contributed by atoms with Crippen LogP contribution in [0.3, 0.4) is 0 Å². The van der Waals surface area contributed by atoms with Crippen molar-refractivity contribution in [3.05, 3.63) is 12.2 Å². The van der Waals surface area contributed by atoms with E-state index in [0.717, 1.165) is 18.8 Å². The molecule has 1 atom stereocenters.